The monoisotopic (exact) mass is 437 g/mol. The summed E-state index contributed by atoms with van der Waals surface area (Å²) in [5.41, 5.74) is 10.8. The lowest BCUT2D eigenvalue weighted by Gasteiger charge is -2.33. The number of aryl methyl sites for hydroxylation is 1. The molecule has 2 N–H and O–H groups in total. The van der Waals surface area contributed by atoms with Gasteiger partial charge in [-0.1, -0.05) is 109 Å². The van der Waals surface area contributed by atoms with Crippen LogP contribution in [0.4, 0.5) is 5.69 Å². The maximum atomic E-state index is 6.30. The van der Waals surface area contributed by atoms with E-state index in [2.05, 4.69) is 64.1 Å². The molecule has 2 rings (SSSR count). The van der Waals surface area contributed by atoms with E-state index in [1.807, 2.05) is 0 Å². The zero-order chi connectivity index (χ0) is 23.2. The Kier molecular flexibility index (Phi) is 11.9. The molecular weight excluding hydrogens is 390 g/mol. The number of unbranched alkanes of at least 4 members (excludes halogenated alkanes) is 9. The standard InChI is InChI=1S/C29H47N3/c1-5-8-9-10-11-12-13-14-15-16-19-25-20-17-18-21-28(25)31-32-29(7-3)23-22-27(30)26(6-2)24(29)4/h17-18,20-23,27H,5-16,19,30H2,1-4H3/b32-31+. The highest BCUT2D eigenvalue weighted by molar-refractivity contribution is 5.46. The summed E-state index contributed by atoms with van der Waals surface area (Å²) in [4.78, 5) is 0. The topological polar surface area (TPSA) is 50.7 Å². The molecule has 1 aliphatic carbocycles. The second-order valence-corrected chi connectivity index (χ2v) is 9.43. The average Bonchev–Trinajstić information content (AvgIpc) is 2.81. The van der Waals surface area contributed by atoms with Crippen molar-refractivity contribution in [1.29, 1.82) is 0 Å². The predicted octanol–water partition coefficient (Wildman–Crippen LogP) is 9.01. The Morgan fingerprint density at radius 2 is 1.50 bits per heavy atom. The molecule has 0 bridgehead atoms. The molecule has 0 aromatic heterocycles. The molecule has 0 saturated heterocycles. The summed E-state index contributed by atoms with van der Waals surface area (Å²) in [7, 11) is 0. The van der Waals surface area contributed by atoms with Crippen LogP contribution in [-0.2, 0) is 6.42 Å². The summed E-state index contributed by atoms with van der Waals surface area (Å²) in [6, 6.07) is 8.53. The Labute approximate surface area is 197 Å². The molecule has 178 valence electrons. The molecule has 0 spiro atoms. The lowest BCUT2D eigenvalue weighted by atomic mass is 9.78. The van der Waals surface area contributed by atoms with Crippen molar-refractivity contribution in [2.75, 3.05) is 0 Å². The van der Waals surface area contributed by atoms with Crippen LogP contribution in [-0.4, -0.2) is 11.6 Å². The van der Waals surface area contributed by atoms with Crippen molar-refractivity contribution < 1.29 is 0 Å². The number of hydrogen-bond acceptors (Lipinski definition) is 3. The fourth-order valence-corrected chi connectivity index (χ4v) is 4.86. The van der Waals surface area contributed by atoms with Gasteiger partial charge in [0.25, 0.3) is 0 Å². The fraction of sp³-hybridized carbons (Fsp3) is 0.655. The van der Waals surface area contributed by atoms with E-state index < -0.39 is 0 Å². The molecule has 3 nitrogen and oxygen atoms in total. The molecule has 0 aliphatic heterocycles. The van der Waals surface area contributed by atoms with E-state index in [1.54, 1.807) is 0 Å². The van der Waals surface area contributed by atoms with Gasteiger partial charge in [-0.3, -0.25) is 0 Å². The third-order valence-electron chi connectivity index (χ3n) is 7.16. The van der Waals surface area contributed by atoms with Gasteiger partial charge >= 0.3 is 0 Å². The summed E-state index contributed by atoms with van der Waals surface area (Å²) in [5.74, 6) is 0. The number of rotatable bonds is 15. The maximum Gasteiger partial charge on any atom is 0.121 e. The lowest BCUT2D eigenvalue weighted by molar-refractivity contribution is 0.540. The van der Waals surface area contributed by atoms with E-state index in [0.717, 1.165) is 24.9 Å². The van der Waals surface area contributed by atoms with Crippen LogP contribution < -0.4 is 5.73 Å². The van der Waals surface area contributed by atoms with E-state index in [-0.39, 0.29) is 11.6 Å². The molecule has 1 aromatic carbocycles. The van der Waals surface area contributed by atoms with Crippen LogP contribution >= 0.6 is 0 Å². The first kappa shape index (κ1) is 26.5. The van der Waals surface area contributed by atoms with Crippen LogP contribution in [0.15, 0.2) is 57.8 Å². The van der Waals surface area contributed by atoms with Crippen LogP contribution in [0.1, 0.15) is 110 Å². The van der Waals surface area contributed by atoms with Crippen molar-refractivity contribution in [1.82, 2.24) is 0 Å². The second kappa shape index (κ2) is 14.4. The number of hydrogen-bond donors (Lipinski definition) is 1. The predicted molar refractivity (Wildman–Crippen MR) is 140 cm³/mol. The summed E-state index contributed by atoms with van der Waals surface area (Å²) >= 11 is 0. The van der Waals surface area contributed by atoms with Gasteiger partial charge in [-0.05, 0) is 55.4 Å². The van der Waals surface area contributed by atoms with Crippen LogP contribution in [0.3, 0.4) is 0 Å². The normalized spacial score (nSPS) is 21.1. The zero-order valence-electron chi connectivity index (χ0n) is 21.2. The van der Waals surface area contributed by atoms with Gasteiger partial charge in [-0.2, -0.15) is 10.2 Å². The summed E-state index contributed by atoms with van der Waals surface area (Å²) < 4.78 is 0. The molecule has 0 fully saturated rings. The molecule has 0 heterocycles. The first-order valence-electron chi connectivity index (χ1n) is 13.2. The highest BCUT2D eigenvalue weighted by atomic mass is 15.2. The van der Waals surface area contributed by atoms with Gasteiger partial charge in [-0.15, -0.1) is 0 Å². The van der Waals surface area contributed by atoms with Crippen molar-refractivity contribution in [3.05, 3.63) is 53.1 Å². The van der Waals surface area contributed by atoms with Gasteiger partial charge in [0.05, 0.1) is 5.69 Å². The maximum absolute atomic E-state index is 6.30. The third-order valence-corrected chi connectivity index (χ3v) is 7.16. The van der Waals surface area contributed by atoms with Crippen molar-refractivity contribution in [2.24, 2.45) is 16.0 Å². The van der Waals surface area contributed by atoms with Crippen LogP contribution in [0.5, 0.6) is 0 Å². The first-order chi connectivity index (χ1) is 15.6. The van der Waals surface area contributed by atoms with Crippen molar-refractivity contribution in [2.45, 2.75) is 123 Å². The van der Waals surface area contributed by atoms with Crippen molar-refractivity contribution in [3.63, 3.8) is 0 Å². The molecule has 2 unspecified atom stereocenters. The second-order valence-electron chi connectivity index (χ2n) is 9.43. The van der Waals surface area contributed by atoms with Gasteiger partial charge in [0, 0.05) is 6.04 Å². The molecule has 1 aliphatic rings. The van der Waals surface area contributed by atoms with Gasteiger partial charge in [0.15, 0.2) is 0 Å². The number of nitrogens with two attached hydrogens (primary N) is 1. The highest BCUT2D eigenvalue weighted by Gasteiger charge is 2.33. The van der Waals surface area contributed by atoms with Crippen LogP contribution in [0, 0.1) is 0 Å². The Balaban J connectivity index is 1.90. The largest absolute Gasteiger partial charge is 0.321 e. The molecule has 2 atom stereocenters. The molecule has 0 amide bonds. The molecule has 0 radical (unpaired) electrons. The molecule has 1 aromatic rings. The minimum Gasteiger partial charge on any atom is -0.321 e. The van der Waals surface area contributed by atoms with Gasteiger partial charge in [-0.25, -0.2) is 0 Å². The van der Waals surface area contributed by atoms with Crippen LogP contribution in [0.2, 0.25) is 0 Å². The summed E-state index contributed by atoms with van der Waals surface area (Å²) in [5, 5.41) is 9.68. The minimum absolute atomic E-state index is 0.0125. The number of benzene rings is 1. The summed E-state index contributed by atoms with van der Waals surface area (Å²) in [6.45, 7) is 8.83. The van der Waals surface area contributed by atoms with Gasteiger partial charge in [0.1, 0.15) is 5.54 Å². The molecule has 32 heavy (non-hydrogen) atoms. The van der Waals surface area contributed by atoms with Gasteiger partial charge < -0.3 is 5.73 Å². The lowest BCUT2D eigenvalue weighted by Crippen LogP contribution is -2.34. The Morgan fingerprint density at radius 1 is 0.875 bits per heavy atom. The molecule has 0 saturated carbocycles. The number of nitrogens with zero attached hydrogens (tertiary/aromatic N) is 2. The van der Waals surface area contributed by atoms with E-state index in [4.69, 9.17) is 16.0 Å². The van der Waals surface area contributed by atoms with Gasteiger partial charge in [0.2, 0.25) is 0 Å². The Morgan fingerprint density at radius 3 is 2.12 bits per heavy atom. The quantitative estimate of drug-likeness (QED) is 0.166. The summed E-state index contributed by atoms with van der Waals surface area (Å²) in [6.07, 6.45) is 20.9. The highest BCUT2D eigenvalue weighted by Crippen LogP contribution is 2.37. The van der Waals surface area contributed by atoms with E-state index in [9.17, 15) is 0 Å². The molecular formula is C29H47N3. The Hall–Kier alpha value is -1.74. The first-order valence-corrected chi connectivity index (χ1v) is 13.2. The Bertz CT molecular complexity index is 761. The van der Waals surface area contributed by atoms with Crippen LogP contribution in [0.25, 0.3) is 0 Å². The van der Waals surface area contributed by atoms with E-state index in [0.29, 0.717) is 0 Å². The van der Waals surface area contributed by atoms with E-state index in [1.165, 1.54) is 80.9 Å². The molecule has 3 heteroatoms. The average molecular weight is 438 g/mol. The minimum atomic E-state index is -0.356. The SMILES string of the molecule is CCCCCCCCCCCCc1ccccc1/N=N/C1(CC)C=CC(N)C(CC)=C1C. The van der Waals surface area contributed by atoms with Crippen molar-refractivity contribution in [3.8, 4) is 0 Å². The fourth-order valence-electron chi connectivity index (χ4n) is 4.86. The smallest absolute Gasteiger partial charge is 0.121 e. The number of azo groups is 1. The zero-order valence-corrected chi connectivity index (χ0v) is 21.2. The third kappa shape index (κ3) is 7.69. The van der Waals surface area contributed by atoms with E-state index >= 15 is 0 Å². The van der Waals surface area contributed by atoms with Crippen molar-refractivity contribution >= 4 is 5.69 Å².